The summed E-state index contributed by atoms with van der Waals surface area (Å²) < 4.78 is 0. The largest absolute Gasteiger partial charge is 0.399 e. The first kappa shape index (κ1) is 13.7. The molecule has 0 atom stereocenters. The smallest absolute Gasteiger partial charge is 0.251 e. The standard InChI is InChI=1S/C15H23N3O/c1-2-15(5-3-4-6-15)10-18-14(19)11-7-12(16)9-13(17)8-11/h7-9H,2-6,10,16-17H2,1H3,(H,18,19). The zero-order valence-corrected chi connectivity index (χ0v) is 11.5. The highest BCUT2D eigenvalue weighted by molar-refractivity contribution is 5.96. The van der Waals surface area contributed by atoms with Gasteiger partial charge in [0.2, 0.25) is 0 Å². The van der Waals surface area contributed by atoms with E-state index in [0.29, 0.717) is 22.4 Å². The second-order valence-electron chi connectivity index (χ2n) is 5.63. The summed E-state index contributed by atoms with van der Waals surface area (Å²) in [5.41, 5.74) is 13.3. The summed E-state index contributed by atoms with van der Waals surface area (Å²) in [6.45, 7) is 2.95. The van der Waals surface area contributed by atoms with Crippen molar-refractivity contribution in [1.82, 2.24) is 5.32 Å². The Morgan fingerprint density at radius 2 is 1.79 bits per heavy atom. The van der Waals surface area contributed by atoms with Crippen LogP contribution in [0, 0.1) is 5.41 Å². The lowest BCUT2D eigenvalue weighted by molar-refractivity contribution is 0.0929. The molecule has 0 aliphatic heterocycles. The van der Waals surface area contributed by atoms with Crippen molar-refractivity contribution in [3.63, 3.8) is 0 Å². The molecule has 0 spiro atoms. The van der Waals surface area contributed by atoms with Crippen LogP contribution >= 0.6 is 0 Å². The molecule has 1 aromatic carbocycles. The van der Waals surface area contributed by atoms with Crippen molar-refractivity contribution in [2.75, 3.05) is 18.0 Å². The van der Waals surface area contributed by atoms with Crippen LogP contribution in [0.15, 0.2) is 18.2 Å². The Morgan fingerprint density at radius 1 is 1.21 bits per heavy atom. The highest BCUT2D eigenvalue weighted by Crippen LogP contribution is 2.40. The maximum absolute atomic E-state index is 12.1. The van der Waals surface area contributed by atoms with Crippen LogP contribution in [0.2, 0.25) is 0 Å². The Hall–Kier alpha value is -1.71. The van der Waals surface area contributed by atoms with Gasteiger partial charge in [-0.05, 0) is 42.9 Å². The number of carbonyl (C=O) groups is 1. The molecule has 104 valence electrons. The number of nitrogen functional groups attached to an aromatic ring is 2. The molecule has 0 heterocycles. The lowest BCUT2D eigenvalue weighted by Crippen LogP contribution is -2.35. The number of benzene rings is 1. The first-order chi connectivity index (χ1) is 9.04. The van der Waals surface area contributed by atoms with E-state index in [1.54, 1.807) is 18.2 Å². The second kappa shape index (κ2) is 5.51. The van der Waals surface area contributed by atoms with E-state index in [1.807, 2.05) is 0 Å². The number of nitrogens with one attached hydrogen (secondary N) is 1. The van der Waals surface area contributed by atoms with Crippen molar-refractivity contribution < 1.29 is 4.79 Å². The van der Waals surface area contributed by atoms with Gasteiger partial charge in [-0.3, -0.25) is 4.79 Å². The monoisotopic (exact) mass is 261 g/mol. The van der Waals surface area contributed by atoms with Crippen molar-refractivity contribution in [2.24, 2.45) is 5.41 Å². The van der Waals surface area contributed by atoms with Crippen LogP contribution in [0.5, 0.6) is 0 Å². The summed E-state index contributed by atoms with van der Waals surface area (Å²) in [6, 6.07) is 4.99. The van der Waals surface area contributed by atoms with E-state index >= 15 is 0 Å². The molecule has 4 heteroatoms. The molecule has 0 saturated heterocycles. The fourth-order valence-electron chi connectivity index (χ4n) is 2.96. The molecule has 0 radical (unpaired) electrons. The first-order valence-electron chi connectivity index (χ1n) is 6.99. The first-order valence-corrected chi connectivity index (χ1v) is 6.99. The summed E-state index contributed by atoms with van der Waals surface area (Å²) >= 11 is 0. The molecule has 0 unspecified atom stereocenters. The summed E-state index contributed by atoms with van der Waals surface area (Å²) in [7, 11) is 0. The molecule has 0 bridgehead atoms. The third kappa shape index (κ3) is 3.19. The van der Waals surface area contributed by atoms with Crippen LogP contribution in [-0.2, 0) is 0 Å². The van der Waals surface area contributed by atoms with E-state index in [-0.39, 0.29) is 5.91 Å². The van der Waals surface area contributed by atoms with Gasteiger partial charge in [-0.25, -0.2) is 0 Å². The number of carbonyl (C=O) groups excluding carboxylic acids is 1. The summed E-state index contributed by atoms with van der Waals surface area (Å²) in [5, 5.41) is 3.04. The predicted molar refractivity (Wildman–Crippen MR) is 78.8 cm³/mol. The van der Waals surface area contributed by atoms with Gasteiger partial charge in [0, 0.05) is 23.5 Å². The SMILES string of the molecule is CCC1(CNC(=O)c2cc(N)cc(N)c2)CCCC1. The van der Waals surface area contributed by atoms with Gasteiger partial charge in [-0.15, -0.1) is 0 Å². The molecule has 1 aromatic rings. The molecule has 1 amide bonds. The van der Waals surface area contributed by atoms with Crippen LogP contribution < -0.4 is 16.8 Å². The van der Waals surface area contributed by atoms with Crippen molar-refractivity contribution in [3.05, 3.63) is 23.8 Å². The van der Waals surface area contributed by atoms with Crippen molar-refractivity contribution in [2.45, 2.75) is 39.0 Å². The number of hydrogen-bond donors (Lipinski definition) is 3. The number of rotatable bonds is 4. The number of hydrogen-bond acceptors (Lipinski definition) is 3. The van der Waals surface area contributed by atoms with Gasteiger partial charge < -0.3 is 16.8 Å². The van der Waals surface area contributed by atoms with Crippen LogP contribution in [-0.4, -0.2) is 12.5 Å². The normalized spacial score (nSPS) is 17.3. The second-order valence-corrected chi connectivity index (χ2v) is 5.63. The molecule has 2 rings (SSSR count). The maximum Gasteiger partial charge on any atom is 0.251 e. The van der Waals surface area contributed by atoms with Gasteiger partial charge in [0.1, 0.15) is 0 Å². The van der Waals surface area contributed by atoms with Gasteiger partial charge in [-0.2, -0.15) is 0 Å². The van der Waals surface area contributed by atoms with Crippen LogP contribution in [0.4, 0.5) is 11.4 Å². The summed E-state index contributed by atoms with van der Waals surface area (Å²) in [6.07, 6.45) is 6.09. The number of anilines is 2. The molecule has 1 aliphatic rings. The molecular weight excluding hydrogens is 238 g/mol. The minimum Gasteiger partial charge on any atom is -0.399 e. The van der Waals surface area contributed by atoms with Gasteiger partial charge in [0.25, 0.3) is 5.91 Å². The molecule has 4 nitrogen and oxygen atoms in total. The zero-order chi connectivity index (χ0) is 13.9. The fourth-order valence-corrected chi connectivity index (χ4v) is 2.96. The van der Waals surface area contributed by atoms with Gasteiger partial charge in [0.15, 0.2) is 0 Å². The Morgan fingerprint density at radius 3 is 2.32 bits per heavy atom. The Balaban J connectivity index is 2.01. The van der Waals surface area contributed by atoms with Crippen LogP contribution in [0.3, 0.4) is 0 Å². The van der Waals surface area contributed by atoms with Crippen molar-refractivity contribution in [1.29, 1.82) is 0 Å². The minimum absolute atomic E-state index is 0.0845. The lowest BCUT2D eigenvalue weighted by atomic mass is 9.83. The topological polar surface area (TPSA) is 81.1 Å². The molecule has 1 fully saturated rings. The molecule has 19 heavy (non-hydrogen) atoms. The van der Waals surface area contributed by atoms with E-state index in [1.165, 1.54) is 25.7 Å². The number of amides is 1. The molecule has 0 aromatic heterocycles. The summed E-state index contributed by atoms with van der Waals surface area (Å²) in [4.78, 5) is 12.1. The van der Waals surface area contributed by atoms with Crippen molar-refractivity contribution in [3.8, 4) is 0 Å². The van der Waals surface area contributed by atoms with Gasteiger partial charge >= 0.3 is 0 Å². The third-order valence-electron chi connectivity index (χ3n) is 4.28. The fraction of sp³-hybridized carbons (Fsp3) is 0.533. The predicted octanol–water partition coefficient (Wildman–Crippen LogP) is 2.55. The average molecular weight is 261 g/mol. The van der Waals surface area contributed by atoms with Gasteiger partial charge in [0.05, 0.1) is 0 Å². The molecule has 1 saturated carbocycles. The third-order valence-corrected chi connectivity index (χ3v) is 4.28. The quantitative estimate of drug-likeness (QED) is 0.728. The van der Waals surface area contributed by atoms with E-state index in [9.17, 15) is 4.79 Å². The van der Waals surface area contributed by atoms with E-state index in [2.05, 4.69) is 12.2 Å². The highest BCUT2D eigenvalue weighted by Gasteiger charge is 2.32. The van der Waals surface area contributed by atoms with E-state index < -0.39 is 0 Å². The maximum atomic E-state index is 12.1. The minimum atomic E-state index is -0.0845. The van der Waals surface area contributed by atoms with Crippen molar-refractivity contribution >= 4 is 17.3 Å². The Kier molecular flexibility index (Phi) is 3.98. The Labute approximate surface area is 114 Å². The lowest BCUT2D eigenvalue weighted by Gasteiger charge is -2.27. The Bertz CT molecular complexity index is 444. The van der Waals surface area contributed by atoms with Crippen LogP contribution in [0.1, 0.15) is 49.4 Å². The number of nitrogens with two attached hydrogens (primary N) is 2. The molecular formula is C15H23N3O. The van der Waals surface area contributed by atoms with E-state index in [4.69, 9.17) is 11.5 Å². The average Bonchev–Trinajstić information content (AvgIpc) is 2.84. The molecule has 1 aliphatic carbocycles. The zero-order valence-electron chi connectivity index (χ0n) is 11.5. The summed E-state index contributed by atoms with van der Waals surface area (Å²) in [5.74, 6) is -0.0845. The highest BCUT2D eigenvalue weighted by atomic mass is 16.1. The van der Waals surface area contributed by atoms with Crippen LogP contribution in [0.25, 0.3) is 0 Å². The molecule has 5 N–H and O–H groups in total. The van der Waals surface area contributed by atoms with E-state index in [0.717, 1.165) is 13.0 Å². The van der Waals surface area contributed by atoms with Gasteiger partial charge in [-0.1, -0.05) is 19.8 Å².